The first-order chi connectivity index (χ1) is 16.3. The number of ether oxygens (including phenoxy) is 2. The fraction of sp³-hybridized carbons (Fsp3) is 0.167. The van der Waals surface area contributed by atoms with Gasteiger partial charge in [-0.15, -0.1) is 4.57 Å². The standard InChI is InChI=1S/C24H20ClN3O6/c1-14-3-4-16(10-20(14)27-22(29)13-32-19-7-5-17(25)6-8-19)24(31)33-12-18-11-23(30)28-21(26-18)9-15(2)34-28/h3-11H,12-13H2,1-2H3,(H,27,29). The van der Waals surface area contributed by atoms with Gasteiger partial charge in [-0.2, -0.15) is 0 Å². The first kappa shape index (κ1) is 23.1. The van der Waals surface area contributed by atoms with Crippen LogP contribution in [0.25, 0.3) is 5.65 Å². The largest absolute Gasteiger partial charge is 0.484 e. The van der Waals surface area contributed by atoms with Crippen molar-refractivity contribution in [3.63, 3.8) is 0 Å². The Morgan fingerprint density at radius 2 is 1.85 bits per heavy atom. The SMILES string of the molecule is Cc1cc2nc(COC(=O)c3ccc(C)c(NC(=O)COc4ccc(Cl)cc4)c3)cc(=O)n2o1. The second kappa shape index (κ2) is 9.80. The lowest BCUT2D eigenvalue weighted by atomic mass is 10.1. The Morgan fingerprint density at radius 1 is 1.09 bits per heavy atom. The number of amides is 1. The number of benzene rings is 2. The maximum absolute atomic E-state index is 12.6. The number of hydrogen-bond donors (Lipinski definition) is 1. The van der Waals surface area contributed by atoms with Gasteiger partial charge < -0.3 is 19.3 Å². The molecule has 0 fully saturated rings. The predicted octanol–water partition coefficient (Wildman–Crippen LogP) is 3.93. The van der Waals surface area contributed by atoms with Gasteiger partial charge in [0.05, 0.1) is 11.3 Å². The predicted molar refractivity (Wildman–Crippen MR) is 124 cm³/mol. The molecule has 10 heteroatoms. The molecule has 0 aliphatic heterocycles. The van der Waals surface area contributed by atoms with Crippen molar-refractivity contribution in [3.8, 4) is 5.75 Å². The van der Waals surface area contributed by atoms with Gasteiger partial charge in [0.25, 0.3) is 11.5 Å². The first-order valence-corrected chi connectivity index (χ1v) is 10.6. The molecule has 2 aromatic carbocycles. The van der Waals surface area contributed by atoms with Gasteiger partial charge in [0.1, 0.15) is 18.1 Å². The van der Waals surface area contributed by atoms with Crippen LogP contribution in [-0.2, 0) is 16.1 Å². The van der Waals surface area contributed by atoms with Crippen LogP contribution in [0.3, 0.4) is 0 Å². The molecular weight excluding hydrogens is 462 g/mol. The van der Waals surface area contributed by atoms with E-state index in [-0.39, 0.29) is 18.8 Å². The lowest BCUT2D eigenvalue weighted by Crippen LogP contribution is -2.21. The third-order valence-corrected chi connectivity index (χ3v) is 5.06. The fourth-order valence-electron chi connectivity index (χ4n) is 3.12. The third-order valence-electron chi connectivity index (χ3n) is 4.81. The molecule has 2 aromatic heterocycles. The summed E-state index contributed by atoms with van der Waals surface area (Å²) in [5, 5.41) is 3.29. The molecule has 0 spiro atoms. The lowest BCUT2D eigenvalue weighted by molar-refractivity contribution is -0.118. The average molecular weight is 482 g/mol. The molecule has 9 nitrogen and oxygen atoms in total. The molecule has 0 radical (unpaired) electrons. The van der Waals surface area contributed by atoms with Gasteiger partial charge in [-0.05, 0) is 55.8 Å². The maximum atomic E-state index is 12.6. The Morgan fingerprint density at radius 3 is 2.62 bits per heavy atom. The molecule has 0 saturated heterocycles. The van der Waals surface area contributed by atoms with Gasteiger partial charge in [-0.1, -0.05) is 17.7 Å². The van der Waals surface area contributed by atoms with Crippen molar-refractivity contribution in [2.24, 2.45) is 0 Å². The molecule has 34 heavy (non-hydrogen) atoms. The van der Waals surface area contributed by atoms with Crippen LogP contribution in [0.5, 0.6) is 5.75 Å². The number of aryl methyl sites for hydroxylation is 2. The van der Waals surface area contributed by atoms with Crippen molar-refractivity contribution >= 4 is 34.8 Å². The van der Waals surface area contributed by atoms with E-state index in [0.717, 1.165) is 10.1 Å². The fourth-order valence-corrected chi connectivity index (χ4v) is 3.25. The van der Waals surface area contributed by atoms with E-state index in [4.69, 9.17) is 25.6 Å². The Bertz CT molecular complexity index is 1430. The van der Waals surface area contributed by atoms with Crippen LogP contribution in [0.15, 0.2) is 63.9 Å². The highest BCUT2D eigenvalue weighted by Gasteiger charge is 2.14. The summed E-state index contributed by atoms with van der Waals surface area (Å²) in [6, 6.07) is 14.3. The highest BCUT2D eigenvalue weighted by Crippen LogP contribution is 2.19. The molecule has 0 aliphatic carbocycles. The van der Waals surface area contributed by atoms with Gasteiger partial charge in [0.15, 0.2) is 12.3 Å². The quantitative estimate of drug-likeness (QED) is 0.398. The van der Waals surface area contributed by atoms with Crippen molar-refractivity contribution < 1.29 is 23.6 Å². The molecule has 4 rings (SSSR count). The van der Waals surface area contributed by atoms with Crippen molar-refractivity contribution in [2.75, 3.05) is 11.9 Å². The second-order valence-corrected chi connectivity index (χ2v) is 7.92. The van der Waals surface area contributed by atoms with Crippen molar-refractivity contribution in [1.82, 2.24) is 9.56 Å². The average Bonchev–Trinajstić information content (AvgIpc) is 3.19. The Balaban J connectivity index is 1.38. The number of hydrogen-bond acceptors (Lipinski definition) is 7. The molecule has 0 unspecified atom stereocenters. The van der Waals surface area contributed by atoms with E-state index in [1.807, 2.05) is 0 Å². The zero-order valence-corrected chi connectivity index (χ0v) is 19.1. The van der Waals surface area contributed by atoms with Gasteiger partial charge in [-0.3, -0.25) is 9.59 Å². The summed E-state index contributed by atoms with van der Waals surface area (Å²) in [5.74, 6) is 0.0207. The van der Waals surface area contributed by atoms with Gasteiger partial charge in [-0.25, -0.2) is 9.78 Å². The topological polar surface area (TPSA) is 112 Å². The molecule has 4 aromatic rings. The van der Waals surface area contributed by atoms with Gasteiger partial charge >= 0.3 is 5.97 Å². The summed E-state index contributed by atoms with van der Waals surface area (Å²) in [6.07, 6.45) is 0. The third kappa shape index (κ3) is 5.44. The van der Waals surface area contributed by atoms with Crippen molar-refractivity contribution in [2.45, 2.75) is 20.5 Å². The molecule has 1 N–H and O–H groups in total. The van der Waals surface area contributed by atoms with Crippen LogP contribution in [0.1, 0.15) is 27.4 Å². The zero-order valence-electron chi connectivity index (χ0n) is 18.3. The van der Waals surface area contributed by atoms with Crippen LogP contribution in [-0.4, -0.2) is 28.0 Å². The van der Waals surface area contributed by atoms with Crippen LogP contribution >= 0.6 is 11.6 Å². The lowest BCUT2D eigenvalue weighted by Gasteiger charge is -2.11. The van der Waals surface area contributed by atoms with Crippen LogP contribution in [0.4, 0.5) is 5.69 Å². The molecule has 0 saturated carbocycles. The number of fused-ring (bicyclic) bond motifs is 1. The number of esters is 1. The van der Waals surface area contributed by atoms with Crippen molar-refractivity contribution in [3.05, 3.63) is 92.6 Å². The second-order valence-electron chi connectivity index (χ2n) is 7.48. The number of anilines is 1. The van der Waals surface area contributed by atoms with E-state index < -0.39 is 17.4 Å². The number of nitrogens with zero attached hydrogens (tertiary/aromatic N) is 2. The monoisotopic (exact) mass is 481 g/mol. The minimum atomic E-state index is -0.627. The Kier molecular flexibility index (Phi) is 6.65. The van der Waals surface area contributed by atoms with Gasteiger partial charge in [0, 0.05) is 22.8 Å². The first-order valence-electron chi connectivity index (χ1n) is 10.2. The van der Waals surface area contributed by atoms with E-state index in [9.17, 15) is 14.4 Å². The number of rotatable bonds is 7. The van der Waals surface area contributed by atoms with E-state index in [2.05, 4.69) is 10.3 Å². The molecule has 0 aliphatic rings. The summed E-state index contributed by atoms with van der Waals surface area (Å²) in [4.78, 5) is 41.2. The molecule has 0 atom stereocenters. The number of carbonyl (C=O) groups is 2. The van der Waals surface area contributed by atoms with E-state index in [1.54, 1.807) is 56.3 Å². The Labute approximate surface area is 198 Å². The normalized spacial score (nSPS) is 10.8. The van der Waals surface area contributed by atoms with E-state index in [1.165, 1.54) is 12.1 Å². The number of carbonyl (C=O) groups excluding carboxylic acids is 2. The number of aromatic nitrogens is 2. The smallest absolute Gasteiger partial charge is 0.338 e. The van der Waals surface area contributed by atoms with Crippen molar-refractivity contribution in [1.29, 1.82) is 0 Å². The van der Waals surface area contributed by atoms with Crippen LogP contribution < -0.4 is 15.6 Å². The molecule has 0 bridgehead atoms. The van der Waals surface area contributed by atoms with Crippen LogP contribution in [0, 0.1) is 13.8 Å². The minimum absolute atomic E-state index is 0.195. The number of nitrogens with one attached hydrogen (secondary N) is 1. The summed E-state index contributed by atoms with van der Waals surface area (Å²) < 4.78 is 17.0. The highest BCUT2D eigenvalue weighted by atomic mass is 35.5. The molecular formula is C24H20ClN3O6. The molecule has 174 valence electrons. The summed E-state index contributed by atoms with van der Waals surface area (Å²) in [5.41, 5.74) is 1.65. The summed E-state index contributed by atoms with van der Waals surface area (Å²) >= 11 is 5.83. The zero-order chi connectivity index (χ0) is 24.2. The maximum Gasteiger partial charge on any atom is 0.338 e. The van der Waals surface area contributed by atoms with Gasteiger partial charge in [0.2, 0.25) is 0 Å². The summed E-state index contributed by atoms with van der Waals surface area (Å²) in [6.45, 7) is 3.09. The van der Waals surface area contributed by atoms with Crippen LogP contribution in [0.2, 0.25) is 5.02 Å². The minimum Gasteiger partial charge on any atom is -0.484 e. The highest BCUT2D eigenvalue weighted by molar-refractivity contribution is 6.30. The summed E-state index contributed by atoms with van der Waals surface area (Å²) in [7, 11) is 0. The van der Waals surface area contributed by atoms with E-state index >= 15 is 0 Å². The van der Waals surface area contributed by atoms with E-state index in [0.29, 0.717) is 33.6 Å². The molecule has 1 amide bonds. The number of halogens is 1. The Hall–Kier alpha value is -4.11. The molecule has 2 heterocycles.